The van der Waals surface area contributed by atoms with E-state index in [9.17, 15) is 14.0 Å². The average molecular weight is 491 g/mol. The maximum atomic E-state index is 13.1. The fraction of sp³-hybridized carbons (Fsp3) is 0.222. The van der Waals surface area contributed by atoms with E-state index in [-0.39, 0.29) is 22.4 Å². The van der Waals surface area contributed by atoms with E-state index in [1.807, 2.05) is 18.4 Å². The smallest absolute Gasteiger partial charge is 0.272 e. The van der Waals surface area contributed by atoms with Crippen molar-refractivity contribution in [2.75, 3.05) is 13.7 Å². The van der Waals surface area contributed by atoms with Crippen LogP contribution in [0.2, 0.25) is 0 Å². The first kappa shape index (κ1) is 24.9. The molecule has 4 aromatic rings. The van der Waals surface area contributed by atoms with Crippen molar-refractivity contribution in [3.63, 3.8) is 0 Å². The first-order chi connectivity index (χ1) is 17.3. The summed E-state index contributed by atoms with van der Waals surface area (Å²) in [5, 5.41) is 0.218. The van der Waals surface area contributed by atoms with E-state index in [1.165, 1.54) is 24.3 Å². The molecule has 0 spiro atoms. The maximum absolute atomic E-state index is 13.1. The van der Waals surface area contributed by atoms with Crippen LogP contribution in [-0.2, 0) is 11.3 Å². The van der Waals surface area contributed by atoms with Crippen LogP contribution < -0.4 is 26.6 Å². The molecular weight excluding hydrogens is 463 g/mol. The molecule has 8 nitrogen and oxygen atoms in total. The number of imidazole rings is 1. The van der Waals surface area contributed by atoms with Crippen LogP contribution in [0.1, 0.15) is 36.7 Å². The third-order valence-electron chi connectivity index (χ3n) is 5.48. The van der Waals surface area contributed by atoms with Crippen LogP contribution in [0, 0.1) is 5.82 Å². The van der Waals surface area contributed by atoms with Gasteiger partial charge >= 0.3 is 0 Å². The molecule has 0 aliphatic rings. The minimum Gasteiger partial charge on any atom is -0.457 e. The highest BCUT2D eigenvalue weighted by molar-refractivity contribution is 5.51. The lowest BCUT2D eigenvalue weighted by Gasteiger charge is -2.11. The average Bonchev–Trinajstić information content (AvgIpc) is 3.25. The number of rotatable bonds is 8. The maximum Gasteiger partial charge on any atom is 0.272 e. The summed E-state index contributed by atoms with van der Waals surface area (Å²) in [6.07, 6.45) is 4.84. The predicted molar refractivity (Wildman–Crippen MR) is 135 cm³/mol. The van der Waals surface area contributed by atoms with Crippen LogP contribution >= 0.6 is 0 Å². The summed E-state index contributed by atoms with van der Waals surface area (Å²) >= 11 is 0. The molecule has 36 heavy (non-hydrogen) atoms. The molecule has 0 atom stereocenters. The van der Waals surface area contributed by atoms with Gasteiger partial charge in [-0.3, -0.25) is 9.59 Å². The highest BCUT2D eigenvalue weighted by atomic mass is 19.1. The summed E-state index contributed by atoms with van der Waals surface area (Å²) in [4.78, 5) is 35.3. The Morgan fingerprint density at radius 2 is 1.69 bits per heavy atom. The van der Waals surface area contributed by atoms with Crippen LogP contribution in [0.4, 0.5) is 4.39 Å². The Morgan fingerprint density at radius 1 is 1.00 bits per heavy atom. The molecule has 0 amide bonds. The van der Waals surface area contributed by atoms with Gasteiger partial charge in [0.2, 0.25) is 0 Å². The topological polar surface area (TPSA) is 102 Å². The van der Waals surface area contributed by atoms with Crippen LogP contribution in [0.25, 0.3) is 12.2 Å². The Bertz CT molecular complexity index is 1580. The summed E-state index contributed by atoms with van der Waals surface area (Å²) in [5.74, 6) is 0.779. The van der Waals surface area contributed by atoms with Gasteiger partial charge in [-0.2, -0.15) is 0 Å². The fourth-order valence-electron chi connectivity index (χ4n) is 3.82. The van der Waals surface area contributed by atoms with Crippen molar-refractivity contribution in [2.24, 2.45) is 0 Å². The molecule has 186 valence electrons. The number of ether oxygens (including phenoxy) is 2. The van der Waals surface area contributed by atoms with Crippen LogP contribution in [0.3, 0.4) is 0 Å². The van der Waals surface area contributed by atoms with Gasteiger partial charge in [-0.15, -0.1) is 0 Å². The molecule has 2 heterocycles. The Kier molecular flexibility index (Phi) is 7.60. The quantitative estimate of drug-likeness (QED) is 0.395. The number of aromatic amines is 2. The van der Waals surface area contributed by atoms with E-state index in [0.717, 1.165) is 5.69 Å². The van der Waals surface area contributed by atoms with Crippen molar-refractivity contribution in [1.82, 2.24) is 19.5 Å². The van der Waals surface area contributed by atoms with Crippen LogP contribution in [0.5, 0.6) is 11.5 Å². The fourth-order valence-corrected chi connectivity index (χ4v) is 3.82. The molecule has 0 unspecified atom stereocenters. The van der Waals surface area contributed by atoms with E-state index >= 15 is 0 Å². The first-order valence-electron chi connectivity index (χ1n) is 11.5. The zero-order valence-electron chi connectivity index (χ0n) is 20.2. The molecule has 0 aliphatic heterocycles. The van der Waals surface area contributed by atoms with Crippen LogP contribution in [0.15, 0.2) is 64.4 Å². The molecule has 0 saturated heterocycles. The molecule has 0 fully saturated rings. The first-order valence-corrected chi connectivity index (χ1v) is 11.5. The molecule has 9 heteroatoms. The Hall–Kier alpha value is -4.24. The van der Waals surface area contributed by atoms with Gasteiger partial charge in [0.1, 0.15) is 28.0 Å². The standard InChI is InChI=1S/C27H27FN4O4/c1-17(2)25-22(29-16-32(25)11-12-35-3)15-24-27(34)30-23(26(33)31-24)14-18-5-4-6-21(13-18)36-20-9-7-19(28)8-10-20/h4-10,13-17H,11-12H2,1-3H3,(H,30,34)(H,31,33)/b23-14-,24-15-. The summed E-state index contributed by atoms with van der Waals surface area (Å²) in [5.41, 5.74) is 1.31. The third-order valence-corrected chi connectivity index (χ3v) is 5.48. The van der Waals surface area contributed by atoms with Gasteiger partial charge in [0.05, 0.1) is 18.6 Å². The third kappa shape index (κ3) is 5.87. The van der Waals surface area contributed by atoms with Gasteiger partial charge in [-0.25, -0.2) is 9.37 Å². The molecule has 0 saturated carbocycles. The van der Waals surface area contributed by atoms with E-state index < -0.39 is 11.1 Å². The second-order valence-corrected chi connectivity index (χ2v) is 8.51. The molecule has 2 aromatic carbocycles. The number of hydrogen-bond acceptors (Lipinski definition) is 5. The van der Waals surface area contributed by atoms with Gasteiger partial charge in [0.15, 0.2) is 0 Å². The highest BCUT2D eigenvalue weighted by Crippen LogP contribution is 2.22. The van der Waals surface area contributed by atoms with Crippen molar-refractivity contribution in [2.45, 2.75) is 26.3 Å². The van der Waals surface area contributed by atoms with Gasteiger partial charge in [0, 0.05) is 19.3 Å². The Morgan fingerprint density at radius 3 is 2.36 bits per heavy atom. The molecule has 2 aromatic heterocycles. The van der Waals surface area contributed by atoms with E-state index in [2.05, 4.69) is 15.0 Å². The molecular formula is C27H27FN4O4. The molecule has 2 N–H and O–H groups in total. The van der Waals surface area contributed by atoms with Gasteiger partial charge in [-0.1, -0.05) is 26.0 Å². The molecule has 0 bridgehead atoms. The SMILES string of the molecule is COCCn1cnc(/C=c2\[nH]c(=O)/c(=C/c3cccc(Oc4ccc(F)cc4)c3)[nH]c2=O)c1C(C)C. The second-order valence-electron chi connectivity index (χ2n) is 8.51. The summed E-state index contributed by atoms with van der Waals surface area (Å²) in [7, 11) is 1.64. The monoisotopic (exact) mass is 490 g/mol. The molecule has 0 radical (unpaired) electrons. The summed E-state index contributed by atoms with van der Waals surface area (Å²) in [6, 6.07) is 12.6. The lowest BCUT2D eigenvalue weighted by Crippen LogP contribution is -2.46. The van der Waals surface area contributed by atoms with E-state index in [1.54, 1.807) is 49.9 Å². The normalized spacial score (nSPS) is 12.5. The number of benzene rings is 2. The number of hydrogen-bond donors (Lipinski definition) is 2. The number of nitrogens with one attached hydrogen (secondary N) is 2. The predicted octanol–water partition coefficient (Wildman–Crippen LogP) is 2.62. The van der Waals surface area contributed by atoms with Crippen molar-refractivity contribution in [1.29, 1.82) is 0 Å². The second kappa shape index (κ2) is 11.0. The van der Waals surface area contributed by atoms with E-state index in [0.29, 0.717) is 35.9 Å². The van der Waals surface area contributed by atoms with Crippen molar-refractivity contribution in [3.05, 3.63) is 109 Å². The minimum atomic E-state index is -0.449. The lowest BCUT2D eigenvalue weighted by molar-refractivity contribution is 0.186. The lowest BCUT2D eigenvalue weighted by atomic mass is 10.1. The molecule has 4 rings (SSSR count). The number of halogens is 1. The van der Waals surface area contributed by atoms with Crippen molar-refractivity contribution >= 4 is 12.2 Å². The Labute approximate surface area is 206 Å². The minimum absolute atomic E-state index is 0.103. The van der Waals surface area contributed by atoms with Crippen molar-refractivity contribution in [3.8, 4) is 11.5 Å². The van der Waals surface area contributed by atoms with Gasteiger partial charge in [0.25, 0.3) is 11.1 Å². The zero-order valence-corrected chi connectivity index (χ0v) is 20.2. The molecule has 0 aliphatic carbocycles. The number of H-pyrrole nitrogens is 2. The Balaban J connectivity index is 1.67. The summed E-state index contributed by atoms with van der Waals surface area (Å²) < 4.78 is 26.0. The zero-order chi connectivity index (χ0) is 25.7. The number of aromatic nitrogens is 4. The van der Waals surface area contributed by atoms with Gasteiger partial charge < -0.3 is 24.0 Å². The van der Waals surface area contributed by atoms with Gasteiger partial charge in [-0.05, 0) is 60.0 Å². The summed E-state index contributed by atoms with van der Waals surface area (Å²) in [6.45, 7) is 5.25. The van der Waals surface area contributed by atoms with Crippen molar-refractivity contribution < 1.29 is 13.9 Å². The number of nitrogens with zero attached hydrogens (tertiary/aromatic N) is 2. The number of methoxy groups -OCH3 is 1. The van der Waals surface area contributed by atoms with Crippen LogP contribution in [-0.4, -0.2) is 33.2 Å². The van der Waals surface area contributed by atoms with E-state index in [4.69, 9.17) is 9.47 Å². The largest absolute Gasteiger partial charge is 0.457 e. The highest BCUT2D eigenvalue weighted by Gasteiger charge is 2.13.